The van der Waals surface area contributed by atoms with E-state index in [9.17, 15) is 0 Å². The average molecular weight is 267 g/mol. The van der Waals surface area contributed by atoms with Crippen LogP contribution in [0.25, 0.3) is 10.8 Å². The topological polar surface area (TPSA) is 90.7 Å². The summed E-state index contributed by atoms with van der Waals surface area (Å²) in [5, 5.41) is 12.2. The zero-order valence-electron chi connectivity index (χ0n) is 10.8. The number of nitrogens with two attached hydrogens (primary N) is 1. The van der Waals surface area contributed by atoms with E-state index < -0.39 is 0 Å². The number of rotatable bonds is 4. The van der Waals surface area contributed by atoms with Gasteiger partial charge in [-0.2, -0.15) is 0 Å². The molecule has 0 radical (unpaired) electrons. The Labute approximate surface area is 110 Å². The first-order valence-electron chi connectivity index (χ1n) is 5.88. The van der Waals surface area contributed by atoms with Gasteiger partial charge in [-0.05, 0) is 24.5 Å². The Kier molecular flexibility index (Phi) is 3.72. The highest BCUT2D eigenvalue weighted by Gasteiger charge is 2.26. The van der Waals surface area contributed by atoms with Crippen LogP contribution in [-0.2, 0) is 11.8 Å². The Morgan fingerprint density at radius 2 is 2.00 bits per heavy atom. The van der Waals surface area contributed by atoms with Crippen LogP contribution in [0.4, 0.5) is 0 Å². The van der Waals surface area contributed by atoms with Crippen molar-refractivity contribution in [3.05, 3.63) is 11.6 Å². The van der Waals surface area contributed by atoms with Gasteiger partial charge in [-0.3, -0.25) is 0 Å². The molecular weight excluding hydrogens is 250 g/mol. The Bertz CT molecular complexity index is 513. The van der Waals surface area contributed by atoms with Crippen LogP contribution < -0.4 is 5.73 Å². The molecule has 18 heavy (non-hydrogen) atoms. The summed E-state index contributed by atoms with van der Waals surface area (Å²) in [6.45, 7) is 6.86. The maximum Gasteiger partial charge on any atom is 0.261 e. The smallest absolute Gasteiger partial charge is 0.261 e. The van der Waals surface area contributed by atoms with Crippen LogP contribution in [0.2, 0.25) is 0 Å². The van der Waals surface area contributed by atoms with Crippen molar-refractivity contribution in [1.29, 1.82) is 0 Å². The molecule has 0 spiro atoms. The second kappa shape index (κ2) is 5.11. The summed E-state index contributed by atoms with van der Waals surface area (Å²) in [5.41, 5.74) is 6.25. The van der Waals surface area contributed by atoms with E-state index in [2.05, 4.69) is 40.6 Å². The minimum atomic E-state index is -0.0891. The lowest BCUT2D eigenvalue weighted by Crippen LogP contribution is -2.13. The summed E-state index contributed by atoms with van der Waals surface area (Å²) in [4.78, 5) is 0.856. The molecule has 2 heterocycles. The van der Waals surface area contributed by atoms with Crippen LogP contribution in [0, 0.1) is 0 Å². The number of hydrogen-bond acceptors (Lipinski definition) is 7. The van der Waals surface area contributed by atoms with Crippen molar-refractivity contribution < 1.29 is 4.42 Å². The van der Waals surface area contributed by atoms with Gasteiger partial charge in [0.1, 0.15) is 4.88 Å². The quantitative estimate of drug-likeness (QED) is 0.908. The summed E-state index contributed by atoms with van der Waals surface area (Å²) in [5.74, 6) is 1.12. The van der Waals surface area contributed by atoms with Crippen molar-refractivity contribution >= 4 is 11.5 Å². The fourth-order valence-corrected chi connectivity index (χ4v) is 2.32. The molecule has 2 rings (SSSR count). The van der Waals surface area contributed by atoms with Gasteiger partial charge < -0.3 is 10.2 Å². The van der Waals surface area contributed by atoms with Crippen LogP contribution in [0.1, 0.15) is 38.8 Å². The molecule has 0 saturated carbocycles. The molecule has 7 heteroatoms. The van der Waals surface area contributed by atoms with Crippen molar-refractivity contribution in [2.45, 2.75) is 39.0 Å². The van der Waals surface area contributed by atoms with E-state index in [1.165, 1.54) is 11.5 Å². The molecular formula is C11H17N5OS. The van der Waals surface area contributed by atoms with Gasteiger partial charge in [-0.1, -0.05) is 25.3 Å². The lowest BCUT2D eigenvalue weighted by molar-refractivity contribution is 0.496. The van der Waals surface area contributed by atoms with Crippen molar-refractivity contribution in [1.82, 2.24) is 19.8 Å². The summed E-state index contributed by atoms with van der Waals surface area (Å²) >= 11 is 1.28. The van der Waals surface area contributed by atoms with E-state index in [0.29, 0.717) is 24.7 Å². The maximum atomic E-state index is 5.62. The molecule has 6 nitrogen and oxygen atoms in total. The predicted octanol–water partition coefficient (Wildman–Crippen LogP) is 1.78. The summed E-state index contributed by atoms with van der Waals surface area (Å²) < 4.78 is 9.60. The second-order valence-electron chi connectivity index (χ2n) is 5.09. The molecule has 0 aliphatic carbocycles. The first-order chi connectivity index (χ1) is 8.52. The number of aryl methyl sites for hydroxylation is 1. The number of nitrogens with zero attached hydrogens (tertiary/aromatic N) is 4. The molecule has 0 fully saturated rings. The van der Waals surface area contributed by atoms with Crippen molar-refractivity contribution in [3.63, 3.8) is 0 Å². The molecule has 0 unspecified atom stereocenters. The first kappa shape index (κ1) is 13.1. The Morgan fingerprint density at radius 1 is 1.22 bits per heavy atom. The van der Waals surface area contributed by atoms with Gasteiger partial charge in [-0.25, -0.2) is 0 Å². The molecule has 0 saturated heterocycles. The van der Waals surface area contributed by atoms with Gasteiger partial charge in [0.15, 0.2) is 0 Å². The van der Waals surface area contributed by atoms with Gasteiger partial charge in [0, 0.05) is 11.8 Å². The van der Waals surface area contributed by atoms with Gasteiger partial charge in [0.2, 0.25) is 5.89 Å². The molecule has 98 valence electrons. The van der Waals surface area contributed by atoms with Gasteiger partial charge >= 0.3 is 0 Å². The minimum absolute atomic E-state index is 0.0891. The number of hydrogen-bond donors (Lipinski definition) is 1. The largest absolute Gasteiger partial charge is 0.420 e. The summed E-state index contributed by atoms with van der Waals surface area (Å²) in [6.07, 6.45) is 1.55. The Morgan fingerprint density at radius 3 is 2.67 bits per heavy atom. The first-order valence-corrected chi connectivity index (χ1v) is 6.65. The zero-order valence-corrected chi connectivity index (χ0v) is 11.6. The van der Waals surface area contributed by atoms with Crippen LogP contribution in [0.5, 0.6) is 0 Å². The second-order valence-corrected chi connectivity index (χ2v) is 5.85. The molecule has 0 aliphatic rings. The van der Waals surface area contributed by atoms with E-state index in [0.717, 1.165) is 17.0 Å². The van der Waals surface area contributed by atoms with Gasteiger partial charge in [-0.15, -0.1) is 15.3 Å². The summed E-state index contributed by atoms with van der Waals surface area (Å²) in [6, 6.07) is 0. The monoisotopic (exact) mass is 267 g/mol. The standard InChI is InChI=1S/C11H17N5OS/c1-11(2,3)9-8(18-16-14-9)10-15-13-7(17-10)5-4-6-12/h4-6,12H2,1-3H3. The normalized spacial score (nSPS) is 12.0. The molecule has 0 bridgehead atoms. The average Bonchev–Trinajstić information content (AvgIpc) is 2.93. The number of aromatic nitrogens is 4. The molecule has 2 aromatic rings. The maximum absolute atomic E-state index is 5.62. The SMILES string of the molecule is CC(C)(C)c1nnsc1-c1nnc(CCCN)o1. The van der Waals surface area contributed by atoms with Crippen LogP contribution >= 0.6 is 11.5 Å². The lowest BCUT2D eigenvalue weighted by atomic mass is 9.91. The molecule has 0 amide bonds. The predicted molar refractivity (Wildman–Crippen MR) is 69.3 cm³/mol. The minimum Gasteiger partial charge on any atom is -0.420 e. The van der Waals surface area contributed by atoms with Gasteiger partial charge in [0.05, 0.1) is 5.69 Å². The van der Waals surface area contributed by atoms with Crippen LogP contribution in [-0.4, -0.2) is 26.3 Å². The van der Waals surface area contributed by atoms with E-state index >= 15 is 0 Å². The highest BCUT2D eigenvalue weighted by atomic mass is 32.1. The third-order valence-electron chi connectivity index (χ3n) is 2.45. The molecule has 0 atom stereocenters. The summed E-state index contributed by atoms with van der Waals surface area (Å²) in [7, 11) is 0. The fourth-order valence-electron chi connectivity index (χ4n) is 1.52. The van der Waals surface area contributed by atoms with Crippen LogP contribution in [0.15, 0.2) is 4.42 Å². The molecule has 2 N–H and O–H groups in total. The highest BCUT2D eigenvalue weighted by Crippen LogP contribution is 2.33. The van der Waals surface area contributed by atoms with E-state index in [1.54, 1.807) is 0 Å². The van der Waals surface area contributed by atoms with Crippen molar-refractivity contribution in [2.24, 2.45) is 5.73 Å². The van der Waals surface area contributed by atoms with Crippen molar-refractivity contribution in [2.75, 3.05) is 6.54 Å². The van der Waals surface area contributed by atoms with Crippen LogP contribution in [0.3, 0.4) is 0 Å². The van der Waals surface area contributed by atoms with E-state index in [-0.39, 0.29) is 5.41 Å². The Balaban J connectivity index is 2.27. The van der Waals surface area contributed by atoms with Crippen molar-refractivity contribution in [3.8, 4) is 10.8 Å². The molecule has 0 aromatic carbocycles. The third-order valence-corrected chi connectivity index (χ3v) is 3.17. The lowest BCUT2D eigenvalue weighted by Gasteiger charge is -2.14. The highest BCUT2D eigenvalue weighted by molar-refractivity contribution is 7.09. The van der Waals surface area contributed by atoms with E-state index in [4.69, 9.17) is 10.2 Å². The van der Waals surface area contributed by atoms with Gasteiger partial charge in [0.25, 0.3) is 5.89 Å². The fraction of sp³-hybridized carbons (Fsp3) is 0.636. The molecule has 2 aromatic heterocycles. The molecule has 0 aliphatic heterocycles. The third kappa shape index (κ3) is 2.73. The zero-order chi connectivity index (χ0) is 13.2. The van der Waals surface area contributed by atoms with E-state index in [1.807, 2.05) is 0 Å². The Hall–Kier alpha value is -1.34.